The summed E-state index contributed by atoms with van der Waals surface area (Å²) in [4.78, 5) is 9.10. The van der Waals surface area contributed by atoms with Crippen LogP contribution in [-0.2, 0) is 11.3 Å². The Kier molecular flexibility index (Phi) is 10.8. The number of guanidine groups is 1. The fourth-order valence-electron chi connectivity index (χ4n) is 3.75. The molecule has 0 amide bonds. The van der Waals surface area contributed by atoms with Gasteiger partial charge in [0.15, 0.2) is 17.5 Å². The van der Waals surface area contributed by atoms with Crippen molar-refractivity contribution < 1.29 is 14.2 Å². The predicted octanol–water partition coefficient (Wildman–Crippen LogP) is 2.99. The van der Waals surface area contributed by atoms with E-state index in [4.69, 9.17) is 14.2 Å². The van der Waals surface area contributed by atoms with Crippen LogP contribution >= 0.6 is 0 Å². The fraction of sp³-hybridized carbons (Fsp3) is 0.696. The predicted molar refractivity (Wildman–Crippen MR) is 123 cm³/mol. The van der Waals surface area contributed by atoms with Gasteiger partial charge in [0, 0.05) is 39.8 Å². The Hall–Kier alpha value is -1.99. The molecule has 1 N–H and O–H groups in total. The molecule has 0 aromatic heterocycles. The van der Waals surface area contributed by atoms with Gasteiger partial charge in [-0.3, -0.25) is 4.99 Å². The molecule has 0 spiro atoms. The second kappa shape index (κ2) is 13.3. The average Bonchev–Trinajstić information content (AvgIpc) is 2.79. The molecule has 1 aromatic carbocycles. The summed E-state index contributed by atoms with van der Waals surface area (Å²) in [6.45, 7) is 13.4. The SMILES string of the molecule is CCOC1CCN(C(=NC)NCc2ccc(OCCN(CC)CC)c(OC)c2)CC1. The van der Waals surface area contributed by atoms with Gasteiger partial charge in [0.1, 0.15) is 6.61 Å². The Labute approximate surface area is 182 Å². The third-order valence-corrected chi connectivity index (χ3v) is 5.59. The van der Waals surface area contributed by atoms with Crippen LogP contribution in [0.3, 0.4) is 0 Å². The number of hydrogen-bond acceptors (Lipinski definition) is 5. The molecule has 7 heteroatoms. The van der Waals surface area contributed by atoms with Gasteiger partial charge in [-0.15, -0.1) is 0 Å². The van der Waals surface area contributed by atoms with Crippen molar-refractivity contribution in [3.8, 4) is 11.5 Å². The number of aliphatic imine (C=N–C) groups is 1. The van der Waals surface area contributed by atoms with E-state index < -0.39 is 0 Å². The van der Waals surface area contributed by atoms with Crippen molar-refractivity contribution in [2.75, 3.05) is 60.1 Å². The van der Waals surface area contributed by atoms with Crippen LogP contribution in [0.5, 0.6) is 11.5 Å². The minimum absolute atomic E-state index is 0.378. The zero-order chi connectivity index (χ0) is 21.8. The molecule has 0 saturated carbocycles. The van der Waals surface area contributed by atoms with Crippen molar-refractivity contribution in [3.63, 3.8) is 0 Å². The normalized spacial score (nSPS) is 15.5. The minimum atomic E-state index is 0.378. The molecule has 30 heavy (non-hydrogen) atoms. The van der Waals surface area contributed by atoms with Crippen LogP contribution in [-0.4, -0.2) is 82.0 Å². The number of nitrogens with one attached hydrogen (secondary N) is 1. The summed E-state index contributed by atoms with van der Waals surface area (Å²) < 4.78 is 17.3. The second-order valence-electron chi connectivity index (χ2n) is 7.40. The number of methoxy groups -OCH3 is 1. The molecule has 0 aliphatic carbocycles. The number of likely N-dealkylation sites (N-methyl/N-ethyl adjacent to an activating group) is 1. The van der Waals surface area contributed by atoms with Gasteiger partial charge in [0.2, 0.25) is 0 Å². The molecule has 170 valence electrons. The molecule has 7 nitrogen and oxygen atoms in total. The summed E-state index contributed by atoms with van der Waals surface area (Å²) in [5.41, 5.74) is 1.13. The first-order chi connectivity index (χ1) is 14.6. The quantitative estimate of drug-likeness (QED) is 0.439. The van der Waals surface area contributed by atoms with E-state index in [1.54, 1.807) is 7.11 Å². The average molecular weight is 421 g/mol. The summed E-state index contributed by atoms with van der Waals surface area (Å²) in [5.74, 6) is 2.49. The molecule has 1 aliphatic heterocycles. The van der Waals surface area contributed by atoms with Gasteiger partial charge in [0.25, 0.3) is 0 Å². The maximum absolute atomic E-state index is 5.96. The highest BCUT2D eigenvalue weighted by Gasteiger charge is 2.21. The monoisotopic (exact) mass is 420 g/mol. The van der Waals surface area contributed by atoms with Crippen molar-refractivity contribution in [1.29, 1.82) is 0 Å². The third-order valence-electron chi connectivity index (χ3n) is 5.59. The number of rotatable bonds is 11. The highest BCUT2D eigenvalue weighted by molar-refractivity contribution is 5.80. The molecular formula is C23H40N4O3. The first-order valence-corrected chi connectivity index (χ1v) is 11.2. The zero-order valence-electron chi connectivity index (χ0n) is 19.4. The Bertz CT molecular complexity index is 641. The van der Waals surface area contributed by atoms with Crippen LogP contribution in [0.15, 0.2) is 23.2 Å². The van der Waals surface area contributed by atoms with E-state index >= 15 is 0 Å². The molecule has 0 unspecified atom stereocenters. The van der Waals surface area contributed by atoms with Crippen LogP contribution in [0, 0.1) is 0 Å². The molecule has 0 atom stereocenters. The molecule has 1 fully saturated rings. The van der Waals surface area contributed by atoms with Crippen LogP contribution in [0.2, 0.25) is 0 Å². The smallest absolute Gasteiger partial charge is 0.193 e. The maximum Gasteiger partial charge on any atom is 0.193 e. The highest BCUT2D eigenvalue weighted by Crippen LogP contribution is 2.28. The molecule has 0 radical (unpaired) electrons. The van der Waals surface area contributed by atoms with Crippen LogP contribution in [0.25, 0.3) is 0 Å². The Morgan fingerprint density at radius 2 is 1.90 bits per heavy atom. The summed E-state index contributed by atoms with van der Waals surface area (Å²) >= 11 is 0. The lowest BCUT2D eigenvalue weighted by molar-refractivity contribution is 0.0263. The lowest BCUT2D eigenvalue weighted by Crippen LogP contribution is -2.46. The first kappa shape index (κ1) is 24.3. The molecule has 1 heterocycles. The lowest BCUT2D eigenvalue weighted by Gasteiger charge is -2.34. The molecular weight excluding hydrogens is 380 g/mol. The Morgan fingerprint density at radius 3 is 2.50 bits per heavy atom. The number of ether oxygens (including phenoxy) is 3. The topological polar surface area (TPSA) is 58.6 Å². The maximum atomic E-state index is 5.96. The molecule has 0 bridgehead atoms. The van der Waals surface area contributed by atoms with E-state index in [0.29, 0.717) is 19.3 Å². The van der Waals surface area contributed by atoms with E-state index in [2.05, 4.69) is 46.9 Å². The van der Waals surface area contributed by atoms with Gasteiger partial charge >= 0.3 is 0 Å². The second-order valence-corrected chi connectivity index (χ2v) is 7.40. The number of piperidine rings is 1. The standard InChI is InChI=1S/C23H40N4O3/c1-6-26(7-2)15-16-30-21-10-9-19(17-22(21)28-5)18-25-23(24-4)27-13-11-20(12-14-27)29-8-3/h9-10,17,20H,6-8,11-16,18H2,1-5H3,(H,24,25). The number of likely N-dealkylation sites (tertiary alicyclic amines) is 1. The fourth-order valence-corrected chi connectivity index (χ4v) is 3.75. The van der Waals surface area contributed by atoms with Crippen molar-refractivity contribution in [2.45, 2.75) is 46.3 Å². The van der Waals surface area contributed by atoms with Gasteiger partial charge in [-0.05, 0) is 50.6 Å². The Balaban J connectivity index is 1.87. The summed E-state index contributed by atoms with van der Waals surface area (Å²) in [7, 11) is 3.52. The van der Waals surface area contributed by atoms with Gasteiger partial charge in [0.05, 0.1) is 13.2 Å². The van der Waals surface area contributed by atoms with Crippen LogP contribution < -0.4 is 14.8 Å². The van der Waals surface area contributed by atoms with E-state index in [0.717, 1.165) is 75.2 Å². The molecule has 1 aromatic rings. The van der Waals surface area contributed by atoms with Crippen molar-refractivity contribution in [1.82, 2.24) is 15.1 Å². The van der Waals surface area contributed by atoms with E-state index in [1.807, 2.05) is 19.2 Å². The van der Waals surface area contributed by atoms with Gasteiger partial charge in [-0.2, -0.15) is 0 Å². The van der Waals surface area contributed by atoms with Crippen molar-refractivity contribution in [3.05, 3.63) is 23.8 Å². The van der Waals surface area contributed by atoms with Gasteiger partial charge < -0.3 is 29.3 Å². The van der Waals surface area contributed by atoms with Gasteiger partial charge in [-0.1, -0.05) is 19.9 Å². The number of hydrogen-bond donors (Lipinski definition) is 1. The van der Waals surface area contributed by atoms with Crippen molar-refractivity contribution >= 4 is 5.96 Å². The van der Waals surface area contributed by atoms with Gasteiger partial charge in [-0.25, -0.2) is 0 Å². The lowest BCUT2D eigenvalue weighted by atomic mass is 10.1. The summed E-state index contributed by atoms with van der Waals surface area (Å²) in [6.07, 6.45) is 2.46. The van der Waals surface area contributed by atoms with E-state index in [-0.39, 0.29) is 0 Å². The molecule has 1 aliphatic rings. The van der Waals surface area contributed by atoms with Crippen LogP contribution in [0.4, 0.5) is 0 Å². The third kappa shape index (κ3) is 7.36. The molecule has 1 saturated heterocycles. The minimum Gasteiger partial charge on any atom is -0.493 e. The molecule has 2 rings (SSSR count). The zero-order valence-corrected chi connectivity index (χ0v) is 19.4. The summed E-state index contributed by atoms with van der Waals surface area (Å²) in [5, 5.41) is 3.48. The van der Waals surface area contributed by atoms with E-state index in [9.17, 15) is 0 Å². The highest BCUT2D eigenvalue weighted by atomic mass is 16.5. The largest absolute Gasteiger partial charge is 0.493 e. The van der Waals surface area contributed by atoms with E-state index in [1.165, 1.54) is 0 Å². The first-order valence-electron chi connectivity index (χ1n) is 11.2. The van der Waals surface area contributed by atoms with Crippen LogP contribution in [0.1, 0.15) is 39.2 Å². The summed E-state index contributed by atoms with van der Waals surface area (Å²) in [6, 6.07) is 6.11. The number of benzene rings is 1. The Morgan fingerprint density at radius 1 is 1.17 bits per heavy atom. The number of nitrogens with zero attached hydrogens (tertiary/aromatic N) is 3. The van der Waals surface area contributed by atoms with Crippen molar-refractivity contribution in [2.24, 2.45) is 4.99 Å².